The first-order chi connectivity index (χ1) is 12.6. The van der Waals surface area contributed by atoms with E-state index in [4.69, 9.17) is 10.7 Å². The molecule has 0 unspecified atom stereocenters. The number of rotatable bonds is 3. The van der Waals surface area contributed by atoms with Crippen LogP contribution < -0.4 is 5.32 Å². The zero-order valence-corrected chi connectivity index (χ0v) is 15.5. The van der Waals surface area contributed by atoms with Crippen LogP contribution in [0.2, 0.25) is 12.6 Å². The second-order valence-corrected chi connectivity index (χ2v) is 8.08. The second kappa shape index (κ2) is 7.04. The number of thioether (sulfide) groups is 1. The van der Waals surface area contributed by atoms with Crippen LogP contribution in [0, 0.1) is 22.6 Å². The van der Waals surface area contributed by atoms with Crippen LogP contribution in [-0.2, 0) is 7.05 Å². The number of hydrogen-bond acceptors (Lipinski definition) is 5. The molecule has 0 aliphatic carbocycles. The van der Waals surface area contributed by atoms with Gasteiger partial charge in [-0.15, -0.1) is 0 Å². The lowest BCUT2D eigenvalue weighted by molar-refractivity contribution is 0.570. The Morgan fingerprint density at radius 3 is 3.00 bits per heavy atom. The summed E-state index contributed by atoms with van der Waals surface area (Å²) in [5.74, 6) is 2.89. The Kier molecular flexibility index (Phi) is 4.60. The van der Waals surface area contributed by atoms with E-state index in [1.54, 1.807) is 11.8 Å². The Labute approximate surface area is 157 Å². The molecule has 0 spiro atoms. The highest BCUT2D eigenvalue weighted by molar-refractivity contribution is 8.08. The van der Waals surface area contributed by atoms with Crippen molar-refractivity contribution in [3.8, 4) is 5.97 Å². The van der Waals surface area contributed by atoms with Gasteiger partial charge in [0.25, 0.3) is 6.71 Å². The van der Waals surface area contributed by atoms with Crippen LogP contribution in [-0.4, -0.2) is 22.2 Å². The molecule has 2 aliphatic rings. The monoisotopic (exact) mass is 361 g/mol. The molecule has 1 aromatic carbocycles. The lowest BCUT2D eigenvalue weighted by Gasteiger charge is -2.23. The summed E-state index contributed by atoms with van der Waals surface area (Å²) in [5, 5.41) is 26.1. The molecule has 2 N–H and O–H groups in total. The highest BCUT2D eigenvalue weighted by Crippen LogP contribution is 2.43. The molecule has 5 nitrogen and oxygen atoms in total. The molecule has 0 bridgehead atoms. The Morgan fingerprint density at radius 1 is 1.42 bits per heavy atom. The first-order valence-electron chi connectivity index (χ1n) is 8.90. The topological polar surface area (TPSA) is 77.5 Å². The molecule has 1 aromatic heterocycles. The minimum absolute atomic E-state index is 0.219. The first kappa shape index (κ1) is 17.0. The van der Waals surface area contributed by atoms with Crippen molar-refractivity contribution in [2.24, 2.45) is 13.0 Å². The number of nitriles is 1. The first-order valence-corrected chi connectivity index (χ1v) is 9.72. The van der Waals surface area contributed by atoms with Gasteiger partial charge in [0.1, 0.15) is 0 Å². The Bertz CT molecular complexity index is 960. The van der Waals surface area contributed by atoms with Gasteiger partial charge in [-0.3, -0.25) is 10.1 Å². The number of benzene rings is 1. The summed E-state index contributed by atoms with van der Waals surface area (Å²) in [6, 6.07) is 6.08. The van der Waals surface area contributed by atoms with E-state index < -0.39 is 0 Å². The molecule has 0 saturated carbocycles. The summed E-state index contributed by atoms with van der Waals surface area (Å²) in [7, 11) is 1.92. The summed E-state index contributed by atoms with van der Waals surface area (Å²) in [4.78, 5) is 2.23. The molecule has 1 fully saturated rings. The minimum Gasteiger partial charge on any atom is -0.361 e. The summed E-state index contributed by atoms with van der Waals surface area (Å²) in [6.45, 7) is 0.219. The molecule has 0 atom stereocenters. The summed E-state index contributed by atoms with van der Waals surface area (Å²) >= 11 is 1.70. The van der Waals surface area contributed by atoms with Gasteiger partial charge < -0.3 is 5.32 Å². The number of hydrogen-bond donors (Lipinski definition) is 2. The van der Waals surface area contributed by atoms with Crippen LogP contribution in [0.5, 0.6) is 0 Å². The van der Waals surface area contributed by atoms with E-state index in [-0.39, 0.29) is 6.71 Å². The van der Waals surface area contributed by atoms with E-state index in [9.17, 15) is 0 Å². The summed E-state index contributed by atoms with van der Waals surface area (Å²) in [5.41, 5.74) is 2.54. The van der Waals surface area contributed by atoms with Gasteiger partial charge in [-0.2, -0.15) is 5.10 Å². The van der Waals surface area contributed by atoms with Gasteiger partial charge in [0.2, 0.25) is 0 Å². The minimum atomic E-state index is 0.219. The molecular weight excluding hydrogens is 341 g/mol. The predicted octanol–water partition coefficient (Wildman–Crippen LogP) is 4.44. The summed E-state index contributed by atoms with van der Waals surface area (Å²) < 4.78 is 1.81. The fraction of sp³-hybridized carbons (Fsp3) is 0.316. The predicted molar refractivity (Wildman–Crippen MR) is 110 cm³/mol. The maximum atomic E-state index is 9.05. The molecule has 0 radical (unpaired) electrons. The fourth-order valence-electron chi connectivity index (χ4n) is 3.63. The van der Waals surface area contributed by atoms with Crippen molar-refractivity contribution in [2.45, 2.75) is 25.5 Å². The third-order valence-corrected chi connectivity index (χ3v) is 6.33. The third-order valence-electron chi connectivity index (χ3n) is 5.08. The van der Waals surface area contributed by atoms with Gasteiger partial charge in [-0.1, -0.05) is 37.2 Å². The van der Waals surface area contributed by atoms with Crippen molar-refractivity contribution in [1.29, 1.82) is 10.7 Å². The number of allylic oxidation sites excluding steroid dienone is 3. The molecule has 4 rings (SSSR count). The van der Waals surface area contributed by atoms with Gasteiger partial charge >= 0.3 is 0 Å². The average molecular weight is 361 g/mol. The zero-order chi connectivity index (χ0) is 18.1. The smallest absolute Gasteiger partial charge is 0.267 e. The van der Waals surface area contributed by atoms with Gasteiger partial charge in [0, 0.05) is 36.5 Å². The van der Waals surface area contributed by atoms with Crippen LogP contribution >= 0.6 is 11.8 Å². The third kappa shape index (κ3) is 3.42. The van der Waals surface area contributed by atoms with Crippen molar-refractivity contribution in [3.05, 3.63) is 46.5 Å². The number of aromatic nitrogens is 2. The Hall–Kier alpha value is -2.46. The Balaban J connectivity index is 1.42. The van der Waals surface area contributed by atoms with Crippen LogP contribution in [0.4, 0.5) is 5.69 Å². The quantitative estimate of drug-likeness (QED) is 0.792. The van der Waals surface area contributed by atoms with Crippen molar-refractivity contribution < 1.29 is 0 Å². The van der Waals surface area contributed by atoms with E-state index >= 15 is 0 Å². The van der Waals surface area contributed by atoms with E-state index in [2.05, 4.69) is 22.5 Å². The van der Waals surface area contributed by atoms with Crippen LogP contribution in [0.3, 0.4) is 0 Å². The van der Waals surface area contributed by atoms with Gasteiger partial charge in [-0.25, -0.2) is 5.26 Å². The van der Waals surface area contributed by atoms with Crippen molar-refractivity contribution in [2.75, 3.05) is 5.32 Å². The maximum Gasteiger partial charge on any atom is 0.267 e. The Morgan fingerprint density at radius 2 is 2.23 bits per heavy atom. The van der Waals surface area contributed by atoms with Crippen LogP contribution in [0.15, 0.2) is 46.5 Å². The van der Waals surface area contributed by atoms with Crippen molar-refractivity contribution >= 4 is 40.8 Å². The SMILES string of the molecule is Cn1cc2cc(N/C=C3/SC(C4CCB(C#N)CC4)=CC3=N)ccc2n1. The highest BCUT2D eigenvalue weighted by atomic mass is 32.2. The highest BCUT2D eigenvalue weighted by Gasteiger charge is 2.29. The number of nitrogens with one attached hydrogen (secondary N) is 2. The molecule has 3 heterocycles. The van der Waals surface area contributed by atoms with Crippen LogP contribution in [0.1, 0.15) is 12.8 Å². The molecule has 2 aromatic rings. The van der Waals surface area contributed by atoms with E-state index in [1.165, 1.54) is 4.91 Å². The number of anilines is 1. The molecule has 7 heteroatoms. The zero-order valence-electron chi connectivity index (χ0n) is 14.7. The fourth-order valence-corrected chi connectivity index (χ4v) is 4.75. The van der Waals surface area contributed by atoms with Crippen molar-refractivity contribution in [3.63, 3.8) is 0 Å². The molecule has 2 aliphatic heterocycles. The van der Waals surface area contributed by atoms with Gasteiger partial charge in [0.05, 0.1) is 16.1 Å². The van der Waals surface area contributed by atoms with E-state index in [0.717, 1.165) is 47.0 Å². The number of fused-ring (bicyclic) bond motifs is 1. The second-order valence-electron chi connectivity index (χ2n) is 6.97. The van der Waals surface area contributed by atoms with Gasteiger partial charge in [-0.05, 0) is 35.1 Å². The van der Waals surface area contributed by atoms with Gasteiger partial charge in [0.15, 0.2) is 0 Å². The number of aryl methyl sites for hydroxylation is 1. The molecular formula is C19H20BN5S. The normalized spacial score (nSPS) is 19.8. The lowest BCUT2D eigenvalue weighted by Crippen LogP contribution is -2.20. The maximum absolute atomic E-state index is 9.05. The lowest BCUT2D eigenvalue weighted by atomic mass is 9.42. The number of nitrogens with zero attached hydrogens (tertiary/aromatic N) is 3. The largest absolute Gasteiger partial charge is 0.361 e. The van der Waals surface area contributed by atoms with E-state index in [0.29, 0.717) is 11.6 Å². The molecule has 26 heavy (non-hydrogen) atoms. The molecule has 0 amide bonds. The van der Waals surface area contributed by atoms with Crippen LogP contribution in [0.25, 0.3) is 10.9 Å². The molecule has 130 valence electrons. The van der Waals surface area contributed by atoms with Crippen molar-refractivity contribution in [1.82, 2.24) is 9.78 Å². The van der Waals surface area contributed by atoms with E-state index in [1.807, 2.05) is 42.3 Å². The average Bonchev–Trinajstić information content (AvgIpc) is 3.21. The standard InChI is InChI=1S/C19H20BN5S/c1-25-11-14-8-15(2-3-17(14)24-25)23-10-19-16(22)9-18(26-19)13-4-6-20(12-21)7-5-13/h2-3,8-11,13,22-23H,4-7H2,1H3/b19-10+,22-16?. The summed E-state index contributed by atoms with van der Waals surface area (Å²) in [6.07, 6.45) is 10.0. The molecule has 1 saturated heterocycles.